The van der Waals surface area contributed by atoms with E-state index < -0.39 is 15.8 Å². The van der Waals surface area contributed by atoms with Crippen molar-refractivity contribution in [3.63, 3.8) is 0 Å². The van der Waals surface area contributed by atoms with E-state index in [9.17, 15) is 18.6 Å². The van der Waals surface area contributed by atoms with E-state index in [4.69, 9.17) is 5.14 Å². The largest absolute Gasteiger partial charge is 0.507 e. The van der Waals surface area contributed by atoms with Crippen molar-refractivity contribution in [2.24, 2.45) is 5.14 Å². The Bertz CT molecular complexity index is 664. The predicted molar refractivity (Wildman–Crippen MR) is 58.7 cm³/mol. The summed E-state index contributed by atoms with van der Waals surface area (Å²) in [5, 5.41) is 24.8. The molecule has 0 saturated heterocycles. The molecule has 2 rings (SSSR count). The highest BCUT2D eigenvalue weighted by molar-refractivity contribution is 7.89. The molecule has 0 aliphatic rings. The summed E-state index contributed by atoms with van der Waals surface area (Å²) in [4.78, 5) is -0.356. The average molecular weight is 239 g/mol. The van der Waals surface area contributed by atoms with Gasteiger partial charge in [-0.25, -0.2) is 13.6 Å². The molecular weight excluding hydrogens is 230 g/mol. The third kappa shape index (κ3) is 1.58. The maximum absolute atomic E-state index is 11.1. The van der Waals surface area contributed by atoms with Crippen molar-refractivity contribution in [1.82, 2.24) is 0 Å². The van der Waals surface area contributed by atoms with E-state index in [0.717, 1.165) is 6.07 Å². The van der Waals surface area contributed by atoms with E-state index in [1.54, 1.807) is 0 Å². The molecule has 0 atom stereocenters. The summed E-state index contributed by atoms with van der Waals surface area (Å²) < 4.78 is 22.3. The number of hydrogen-bond acceptors (Lipinski definition) is 4. The Kier molecular flexibility index (Phi) is 2.25. The van der Waals surface area contributed by atoms with Crippen LogP contribution in [0.3, 0.4) is 0 Å². The summed E-state index contributed by atoms with van der Waals surface area (Å²) in [5.74, 6) is -0.482. The second kappa shape index (κ2) is 3.36. The van der Waals surface area contributed by atoms with Crippen molar-refractivity contribution in [3.05, 3.63) is 30.3 Å². The summed E-state index contributed by atoms with van der Waals surface area (Å²) in [7, 11) is -3.97. The second-order valence-electron chi connectivity index (χ2n) is 3.33. The Morgan fingerprint density at radius 1 is 1.00 bits per heavy atom. The number of phenols is 2. The molecule has 0 fully saturated rings. The number of fused-ring (bicyclic) bond motifs is 1. The van der Waals surface area contributed by atoms with Gasteiger partial charge in [-0.1, -0.05) is 12.1 Å². The SMILES string of the molecule is NS(=O)(=O)c1ccc2c(O)cccc2c1O. The highest BCUT2D eigenvalue weighted by Crippen LogP contribution is 2.34. The highest BCUT2D eigenvalue weighted by atomic mass is 32.2. The molecule has 0 saturated carbocycles. The van der Waals surface area contributed by atoms with E-state index in [1.165, 1.54) is 24.3 Å². The maximum Gasteiger partial charge on any atom is 0.241 e. The van der Waals surface area contributed by atoms with Gasteiger partial charge in [0.2, 0.25) is 10.0 Å². The molecule has 6 heteroatoms. The Morgan fingerprint density at radius 2 is 1.69 bits per heavy atom. The van der Waals surface area contributed by atoms with Gasteiger partial charge in [0.15, 0.2) is 0 Å². The van der Waals surface area contributed by atoms with Gasteiger partial charge in [0.25, 0.3) is 0 Å². The first-order chi connectivity index (χ1) is 7.41. The summed E-state index contributed by atoms with van der Waals surface area (Å²) in [6.45, 7) is 0. The van der Waals surface area contributed by atoms with Gasteiger partial charge in [-0.05, 0) is 18.2 Å². The zero-order valence-corrected chi connectivity index (χ0v) is 8.90. The second-order valence-corrected chi connectivity index (χ2v) is 4.86. The van der Waals surface area contributed by atoms with Crippen molar-refractivity contribution in [2.45, 2.75) is 4.90 Å². The first-order valence-corrected chi connectivity index (χ1v) is 5.92. The van der Waals surface area contributed by atoms with E-state index in [1.807, 2.05) is 0 Å². The number of primary sulfonamides is 1. The van der Waals surface area contributed by atoms with Crippen LogP contribution in [-0.2, 0) is 10.0 Å². The summed E-state index contributed by atoms with van der Waals surface area (Å²) in [5.41, 5.74) is 0. The molecule has 0 aliphatic heterocycles. The Labute approximate surface area is 91.8 Å². The van der Waals surface area contributed by atoms with Crippen LogP contribution in [0.25, 0.3) is 10.8 Å². The number of rotatable bonds is 1. The molecule has 0 bridgehead atoms. The van der Waals surface area contributed by atoms with Crippen LogP contribution in [0.1, 0.15) is 0 Å². The summed E-state index contributed by atoms with van der Waals surface area (Å²) in [6.07, 6.45) is 0. The van der Waals surface area contributed by atoms with E-state index in [2.05, 4.69) is 0 Å². The summed E-state index contributed by atoms with van der Waals surface area (Å²) >= 11 is 0. The van der Waals surface area contributed by atoms with Crippen LogP contribution in [0.4, 0.5) is 0 Å². The van der Waals surface area contributed by atoms with Crippen molar-refractivity contribution >= 4 is 20.8 Å². The minimum Gasteiger partial charge on any atom is -0.507 e. The van der Waals surface area contributed by atoms with E-state index in [-0.39, 0.29) is 16.0 Å². The number of nitrogens with two attached hydrogens (primary N) is 1. The molecule has 0 unspecified atom stereocenters. The lowest BCUT2D eigenvalue weighted by Crippen LogP contribution is -2.12. The van der Waals surface area contributed by atoms with Gasteiger partial charge < -0.3 is 10.2 Å². The van der Waals surface area contributed by atoms with Crippen molar-refractivity contribution in [2.75, 3.05) is 0 Å². The molecular formula is C10H9NO4S. The molecule has 5 nitrogen and oxygen atoms in total. The van der Waals surface area contributed by atoms with Crippen LogP contribution in [0.2, 0.25) is 0 Å². The molecule has 84 valence electrons. The van der Waals surface area contributed by atoms with Crippen molar-refractivity contribution in [1.29, 1.82) is 0 Å². The molecule has 0 aromatic heterocycles. The average Bonchev–Trinajstić information content (AvgIpc) is 2.18. The summed E-state index contributed by atoms with van der Waals surface area (Å²) in [6, 6.07) is 7.00. The topological polar surface area (TPSA) is 101 Å². The quantitative estimate of drug-likeness (QED) is 0.688. The molecule has 16 heavy (non-hydrogen) atoms. The molecule has 2 aromatic carbocycles. The smallest absolute Gasteiger partial charge is 0.241 e. The lowest BCUT2D eigenvalue weighted by molar-refractivity contribution is 0.463. The zero-order valence-electron chi connectivity index (χ0n) is 8.08. The highest BCUT2D eigenvalue weighted by Gasteiger charge is 2.16. The first-order valence-electron chi connectivity index (χ1n) is 4.38. The molecule has 0 amide bonds. The van der Waals surface area contributed by atoms with E-state index in [0.29, 0.717) is 5.39 Å². The van der Waals surface area contributed by atoms with Crippen LogP contribution in [0.5, 0.6) is 11.5 Å². The van der Waals surface area contributed by atoms with Crippen LogP contribution in [-0.4, -0.2) is 18.6 Å². The van der Waals surface area contributed by atoms with Gasteiger partial charge in [0, 0.05) is 10.8 Å². The molecule has 0 radical (unpaired) electrons. The lowest BCUT2D eigenvalue weighted by atomic mass is 10.1. The third-order valence-corrected chi connectivity index (χ3v) is 3.22. The fourth-order valence-electron chi connectivity index (χ4n) is 1.53. The van der Waals surface area contributed by atoms with E-state index >= 15 is 0 Å². The first kappa shape index (κ1) is 10.7. The predicted octanol–water partition coefficient (Wildman–Crippen LogP) is 0.898. The number of sulfonamides is 1. The molecule has 4 N–H and O–H groups in total. The van der Waals surface area contributed by atoms with Gasteiger partial charge in [-0.2, -0.15) is 0 Å². The Morgan fingerprint density at radius 3 is 2.31 bits per heavy atom. The Hall–Kier alpha value is -1.79. The number of phenolic OH excluding ortho intramolecular Hbond substituents is 2. The minimum absolute atomic E-state index is 0.0335. The zero-order chi connectivity index (χ0) is 11.9. The monoisotopic (exact) mass is 239 g/mol. The lowest BCUT2D eigenvalue weighted by Gasteiger charge is -2.06. The van der Waals surface area contributed by atoms with Crippen LogP contribution < -0.4 is 5.14 Å². The molecule has 0 heterocycles. The fraction of sp³-hybridized carbons (Fsp3) is 0. The molecule has 0 aliphatic carbocycles. The molecule has 2 aromatic rings. The standard InChI is InChI=1S/C10H9NO4S/c11-16(14,15)9-5-4-6-7(10(9)13)2-1-3-8(6)12/h1-5,12-13H,(H2,11,14,15). The van der Waals surface area contributed by atoms with Gasteiger partial charge in [0.05, 0.1) is 0 Å². The van der Waals surface area contributed by atoms with Crippen LogP contribution in [0.15, 0.2) is 35.2 Å². The minimum atomic E-state index is -3.97. The third-order valence-electron chi connectivity index (χ3n) is 2.28. The normalized spacial score (nSPS) is 11.8. The van der Waals surface area contributed by atoms with Gasteiger partial charge in [-0.15, -0.1) is 0 Å². The van der Waals surface area contributed by atoms with Gasteiger partial charge >= 0.3 is 0 Å². The Balaban J connectivity index is 2.92. The van der Waals surface area contributed by atoms with Crippen molar-refractivity contribution < 1.29 is 18.6 Å². The number of aromatic hydroxyl groups is 2. The number of benzene rings is 2. The van der Waals surface area contributed by atoms with Gasteiger partial charge in [-0.3, -0.25) is 0 Å². The van der Waals surface area contributed by atoms with Crippen LogP contribution in [0, 0.1) is 0 Å². The van der Waals surface area contributed by atoms with Gasteiger partial charge in [0.1, 0.15) is 16.4 Å². The van der Waals surface area contributed by atoms with Crippen molar-refractivity contribution in [3.8, 4) is 11.5 Å². The van der Waals surface area contributed by atoms with Crippen LogP contribution >= 0.6 is 0 Å². The number of hydrogen-bond donors (Lipinski definition) is 3. The molecule has 0 spiro atoms. The maximum atomic E-state index is 11.1. The fourth-order valence-corrected chi connectivity index (χ4v) is 2.17.